The molecule has 3 rings (SSSR count). The van der Waals surface area contributed by atoms with Gasteiger partial charge < -0.3 is 4.90 Å². The van der Waals surface area contributed by atoms with Crippen LogP contribution in [0.3, 0.4) is 0 Å². The highest BCUT2D eigenvalue weighted by Gasteiger charge is 2.07. The van der Waals surface area contributed by atoms with Crippen LogP contribution in [0, 0.1) is 6.92 Å². The number of aromatic nitrogens is 3. The van der Waals surface area contributed by atoms with Gasteiger partial charge in [0, 0.05) is 36.6 Å². The Morgan fingerprint density at radius 2 is 2.00 bits per heavy atom. The van der Waals surface area contributed by atoms with E-state index in [1.54, 1.807) is 11.3 Å². The maximum Gasteiger partial charge on any atom is 0.143 e. The molecule has 0 N–H and O–H groups in total. The SMILES string of the molecule is Cc1csc(-c2ccn(CCN(C)c3ccccc3)n2)n1. The van der Waals surface area contributed by atoms with Gasteiger partial charge >= 0.3 is 0 Å². The molecule has 0 aliphatic rings. The van der Waals surface area contributed by atoms with Crippen molar-refractivity contribution in [3.63, 3.8) is 0 Å². The molecule has 5 heteroatoms. The molecule has 0 radical (unpaired) electrons. The Morgan fingerprint density at radius 1 is 1.19 bits per heavy atom. The highest BCUT2D eigenvalue weighted by Crippen LogP contribution is 2.21. The second-order valence-electron chi connectivity index (χ2n) is 5.02. The van der Waals surface area contributed by atoms with E-state index in [-0.39, 0.29) is 0 Å². The normalized spacial score (nSPS) is 10.8. The molecule has 2 heterocycles. The fourth-order valence-corrected chi connectivity index (χ4v) is 2.90. The van der Waals surface area contributed by atoms with Crippen molar-refractivity contribution in [2.24, 2.45) is 0 Å². The van der Waals surface area contributed by atoms with Gasteiger partial charge in [-0.2, -0.15) is 5.10 Å². The van der Waals surface area contributed by atoms with E-state index in [1.807, 2.05) is 29.9 Å². The lowest BCUT2D eigenvalue weighted by Gasteiger charge is -2.18. The minimum atomic E-state index is 0.857. The van der Waals surface area contributed by atoms with Gasteiger partial charge in [0.05, 0.1) is 6.54 Å². The lowest BCUT2D eigenvalue weighted by atomic mass is 10.3. The van der Waals surface area contributed by atoms with Crippen molar-refractivity contribution in [1.29, 1.82) is 0 Å². The standard InChI is InChI=1S/C16H18N4S/c1-13-12-21-16(17-13)15-8-9-20(18-15)11-10-19(2)14-6-4-3-5-7-14/h3-9,12H,10-11H2,1-2H3. The smallest absolute Gasteiger partial charge is 0.143 e. The summed E-state index contributed by atoms with van der Waals surface area (Å²) < 4.78 is 1.98. The first-order valence-corrected chi connectivity index (χ1v) is 7.82. The number of hydrogen-bond donors (Lipinski definition) is 0. The van der Waals surface area contributed by atoms with E-state index >= 15 is 0 Å². The molecular weight excluding hydrogens is 280 g/mol. The van der Waals surface area contributed by atoms with Crippen LogP contribution in [0.5, 0.6) is 0 Å². The van der Waals surface area contributed by atoms with E-state index in [0.717, 1.165) is 29.5 Å². The Bertz CT molecular complexity index is 702. The predicted octanol–water partition coefficient (Wildman–Crippen LogP) is 3.45. The summed E-state index contributed by atoms with van der Waals surface area (Å²) in [5.74, 6) is 0. The van der Waals surface area contributed by atoms with Gasteiger partial charge in [-0.1, -0.05) is 18.2 Å². The summed E-state index contributed by atoms with van der Waals surface area (Å²) in [6.07, 6.45) is 2.02. The van der Waals surface area contributed by atoms with E-state index in [0.29, 0.717) is 0 Å². The lowest BCUT2D eigenvalue weighted by molar-refractivity contribution is 0.613. The van der Waals surface area contributed by atoms with Crippen LogP contribution in [0.25, 0.3) is 10.7 Å². The summed E-state index contributed by atoms with van der Waals surface area (Å²) in [5.41, 5.74) is 3.23. The van der Waals surface area contributed by atoms with Crippen molar-refractivity contribution in [3.8, 4) is 10.7 Å². The third-order valence-electron chi connectivity index (χ3n) is 3.34. The lowest BCUT2D eigenvalue weighted by Crippen LogP contribution is -2.22. The minimum Gasteiger partial charge on any atom is -0.373 e. The van der Waals surface area contributed by atoms with Crippen LogP contribution in [0.4, 0.5) is 5.69 Å². The summed E-state index contributed by atoms with van der Waals surface area (Å²) in [5, 5.41) is 7.64. The minimum absolute atomic E-state index is 0.857. The Kier molecular flexibility index (Phi) is 4.01. The van der Waals surface area contributed by atoms with E-state index < -0.39 is 0 Å². The van der Waals surface area contributed by atoms with Crippen LogP contribution in [-0.4, -0.2) is 28.4 Å². The van der Waals surface area contributed by atoms with Crippen LogP contribution < -0.4 is 4.90 Å². The average molecular weight is 298 g/mol. The second kappa shape index (κ2) is 6.10. The molecular formula is C16H18N4S. The molecule has 0 bridgehead atoms. The molecule has 3 aromatic rings. The average Bonchev–Trinajstić information content (AvgIpc) is 3.14. The summed E-state index contributed by atoms with van der Waals surface area (Å²) >= 11 is 1.64. The van der Waals surface area contributed by atoms with Crippen molar-refractivity contribution in [2.45, 2.75) is 13.5 Å². The number of hydrogen-bond acceptors (Lipinski definition) is 4. The first kappa shape index (κ1) is 13.8. The highest BCUT2D eigenvalue weighted by molar-refractivity contribution is 7.13. The number of aryl methyl sites for hydroxylation is 1. The van der Waals surface area contributed by atoms with E-state index in [2.05, 4.69) is 51.7 Å². The van der Waals surface area contributed by atoms with E-state index in [1.165, 1.54) is 5.69 Å². The van der Waals surface area contributed by atoms with Crippen molar-refractivity contribution < 1.29 is 0 Å². The van der Waals surface area contributed by atoms with Gasteiger partial charge in [0.1, 0.15) is 10.7 Å². The van der Waals surface area contributed by atoms with Crippen molar-refractivity contribution >= 4 is 17.0 Å². The molecule has 0 unspecified atom stereocenters. The molecule has 2 aromatic heterocycles. The number of rotatable bonds is 5. The molecule has 0 fully saturated rings. The molecule has 0 aliphatic carbocycles. The van der Waals surface area contributed by atoms with Crippen molar-refractivity contribution in [3.05, 3.63) is 53.7 Å². The zero-order valence-electron chi connectivity index (χ0n) is 12.2. The Morgan fingerprint density at radius 3 is 2.71 bits per heavy atom. The molecule has 21 heavy (non-hydrogen) atoms. The molecule has 0 spiro atoms. The third kappa shape index (κ3) is 3.31. The number of likely N-dealkylation sites (N-methyl/N-ethyl adjacent to an activating group) is 1. The Labute approximate surface area is 128 Å². The first-order valence-electron chi connectivity index (χ1n) is 6.94. The molecule has 1 aromatic carbocycles. The van der Waals surface area contributed by atoms with Gasteiger partial charge in [-0.25, -0.2) is 4.98 Å². The fourth-order valence-electron chi connectivity index (χ4n) is 2.14. The van der Waals surface area contributed by atoms with Gasteiger partial charge in [0.2, 0.25) is 0 Å². The molecule has 0 saturated heterocycles. The van der Waals surface area contributed by atoms with Gasteiger partial charge in [-0.3, -0.25) is 4.68 Å². The zero-order valence-corrected chi connectivity index (χ0v) is 13.0. The first-order chi connectivity index (χ1) is 10.2. The summed E-state index contributed by atoms with van der Waals surface area (Å²) in [7, 11) is 2.10. The zero-order chi connectivity index (χ0) is 14.7. The molecule has 0 saturated carbocycles. The second-order valence-corrected chi connectivity index (χ2v) is 5.87. The van der Waals surface area contributed by atoms with Gasteiger partial charge in [0.15, 0.2) is 0 Å². The molecule has 108 valence electrons. The topological polar surface area (TPSA) is 34.0 Å². The summed E-state index contributed by atoms with van der Waals surface area (Å²) in [6.45, 7) is 3.78. The molecule has 4 nitrogen and oxygen atoms in total. The predicted molar refractivity (Wildman–Crippen MR) is 87.8 cm³/mol. The number of anilines is 1. The maximum atomic E-state index is 4.60. The number of thiazole rings is 1. The summed E-state index contributed by atoms with van der Waals surface area (Å²) in [6, 6.07) is 12.4. The third-order valence-corrected chi connectivity index (χ3v) is 4.32. The fraction of sp³-hybridized carbons (Fsp3) is 0.250. The maximum absolute atomic E-state index is 4.60. The van der Waals surface area contributed by atoms with E-state index in [4.69, 9.17) is 0 Å². The van der Waals surface area contributed by atoms with E-state index in [9.17, 15) is 0 Å². The van der Waals surface area contributed by atoms with Crippen LogP contribution in [0.2, 0.25) is 0 Å². The van der Waals surface area contributed by atoms with Crippen molar-refractivity contribution in [1.82, 2.24) is 14.8 Å². The Hall–Kier alpha value is -2.14. The monoisotopic (exact) mass is 298 g/mol. The highest BCUT2D eigenvalue weighted by atomic mass is 32.1. The number of para-hydroxylation sites is 1. The molecule has 0 aliphatic heterocycles. The summed E-state index contributed by atoms with van der Waals surface area (Å²) in [4.78, 5) is 6.70. The Balaban J connectivity index is 1.63. The van der Waals surface area contributed by atoms with Crippen LogP contribution in [0.15, 0.2) is 48.0 Å². The molecule has 0 amide bonds. The van der Waals surface area contributed by atoms with Crippen LogP contribution >= 0.6 is 11.3 Å². The van der Waals surface area contributed by atoms with Gasteiger partial charge in [-0.15, -0.1) is 11.3 Å². The quantitative estimate of drug-likeness (QED) is 0.723. The largest absolute Gasteiger partial charge is 0.373 e. The number of benzene rings is 1. The van der Waals surface area contributed by atoms with Crippen LogP contribution in [0.1, 0.15) is 5.69 Å². The van der Waals surface area contributed by atoms with Crippen molar-refractivity contribution in [2.75, 3.05) is 18.5 Å². The van der Waals surface area contributed by atoms with Gasteiger partial charge in [-0.05, 0) is 25.1 Å². The molecule has 0 atom stereocenters. The number of nitrogens with zero attached hydrogens (tertiary/aromatic N) is 4. The van der Waals surface area contributed by atoms with Gasteiger partial charge in [0.25, 0.3) is 0 Å². The van der Waals surface area contributed by atoms with Crippen LogP contribution in [-0.2, 0) is 6.54 Å².